The van der Waals surface area contributed by atoms with Crippen molar-refractivity contribution in [2.75, 3.05) is 11.9 Å². The van der Waals surface area contributed by atoms with E-state index in [1.165, 1.54) is 11.3 Å². The Bertz CT molecular complexity index is 1370. The van der Waals surface area contributed by atoms with Crippen molar-refractivity contribution < 1.29 is 9.53 Å². The van der Waals surface area contributed by atoms with Crippen molar-refractivity contribution in [2.24, 2.45) is 0 Å². The zero-order valence-electron chi connectivity index (χ0n) is 16.8. The highest BCUT2D eigenvalue weighted by atomic mass is 32.1. The molecule has 5 nitrogen and oxygen atoms in total. The second kappa shape index (κ2) is 8.16. The number of pyridine rings is 1. The standard InChI is InChI=1S/C25H19N3O2S/c1-16-11-12-18(24-28-20-9-5-13-26-25(20)31-24)14-21(16)27-23(29)15-30-22-10-4-7-17-6-2-3-8-19(17)22/h2-14H,15H2,1H3,(H,27,29). The van der Waals surface area contributed by atoms with Crippen molar-refractivity contribution in [3.63, 3.8) is 0 Å². The Hall–Kier alpha value is -3.77. The van der Waals surface area contributed by atoms with Crippen LogP contribution in [0.3, 0.4) is 0 Å². The number of benzene rings is 3. The molecule has 152 valence electrons. The molecule has 3 aromatic carbocycles. The molecule has 0 unspecified atom stereocenters. The summed E-state index contributed by atoms with van der Waals surface area (Å²) >= 11 is 1.53. The van der Waals surface area contributed by atoms with Gasteiger partial charge in [0, 0.05) is 22.8 Å². The van der Waals surface area contributed by atoms with Gasteiger partial charge in [-0.05, 0) is 42.1 Å². The molecule has 0 atom stereocenters. The number of hydrogen-bond acceptors (Lipinski definition) is 5. The first-order chi connectivity index (χ1) is 15.2. The molecule has 0 bridgehead atoms. The lowest BCUT2D eigenvalue weighted by atomic mass is 10.1. The molecule has 0 radical (unpaired) electrons. The Morgan fingerprint density at radius 3 is 2.81 bits per heavy atom. The molecule has 5 aromatic rings. The van der Waals surface area contributed by atoms with Crippen LogP contribution in [0, 0.1) is 6.92 Å². The number of nitrogens with one attached hydrogen (secondary N) is 1. The molecule has 2 aromatic heterocycles. The van der Waals surface area contributed by atoms with Crippen LogP contribution >= 0.6 is 11.3 Å². The Kier molecular flexibility index (Phi) is 5.06. The summed E-state index contributed by atoms with van der Waals surface area (Å²) in [4.78, 5) is 22.5. The van der Waals surface area contributed by atoms with E-state index in [0.29, 0.717) is 5.75 Å². The Morgan fingerprint density at radius 2 is 1.90 bits per heavy atom. The van der Waals surface area contributed by atoms with Gasteiger partial charge < -0.3 is 10.1 Å². The summed E-state index contributed by atoms with van der Waals surface area (Å²) < 4.78 is 5.82. The fourth-order valence-corrected chi connectivity index (χ4v) is 4.34. The van der Waals surface area contributed by atoms with E-state index in [2.05, 4.69) is 15.3 Å². The van der Waals surface area contributed by atoms with Crippen molar-refractivity contribution in [1.29, 1.82) is 0 Å². The molecule has 6 heteroatoms. The van der Waals surface area contributed by atoms with Gasteiger partial charge in [-0.15, -0.1) is 0 Å². The highest BCUT2D eigenvalue weighted by Crippen LogP contribution is 2.31. The molecular weight excluding hydrogens is 406 g/mol. The molecular formula is C25H19N3O2S. The molecule has 0 aliphatic carbocycles. The van der Waals surface area contributed by atoms with E-state index in [9.17, 15) is 4.79 Å². The Morgan fingerprint density at radius 1 is 1.03 bits per heavy atom. The van der Waals surface area contributed by atoms with Gasteiger partial charge in [0.05, 0.1) is 0 Å². The average molecular weight is 426 g/mol. The number of amides is 1. The smallest absolute Gasteiger partial charge is 0.262 e. The minimum Gasteiger partial charge on any atom is -0.483 e. The van der Waals surface area contributed by atoms with Crippen molar-refractivity contribution in [3.8, 4) is 16.3 Å². The molecule has 1 N–H and O–H groups in total. The number of anilines is 1. The van der Waals surface area contributed by atoms with Crippen LogP contribution in [0.15, 0.2) is 79.0 Å². The highest BCUT2D eigenvalue weighted by molar-refractivity contribution is 7.21. The number of ether oxygens (including phenoxy) is 1. The predicted octanol–water partition coefficient (Wildman–Crippen LogP) is 5.84. The molecule has 1 amide bonds. The van der Waals surface area contributed by atoms with Gasteiger partial charge in [0.1, 0.15) is 21.1 Å². The first-order valence-corrected chi connectivity index (χ1v) is 10.7. The first kappa shape index (κ1) is 19.2. The average Bonchev–Trinajstić information content (AvgIpc) is 3.23. The summed E-state index contributed by atoms with van der Waals surface area (Å²) in [5.74, 6) is 0.486. The van der Waals surface area contributed by atoms with Crippen LogP contribution in [-0.4, -0.2) is 22.5 Å². The minimum atomic E-state index is -0.209. The molecule has 2 heterocycles. The van der Waals surface area contributed by atoms with Gasteiger partial charge in [-0.1, -0.05) is 59.9 Å². The molecule has 0 saturated carbocycles. The normalized spacial score (nSPS) is 11.0. The topological polar surface area (TPSA) is 64.1 Å². The third-order valence-electron chi connectivity index (χ3n) is 5.03. The second-order valence-electron chi connectivity index (χ2n) is 7.19. The van der Waals surface area contributed by atoms with E-state index in [0.717, 1.165) is 42.9 Å². The van der Waals surface area contributed by atoms with Crippen LogP contribution in [0.25, 0.3) is 31.7 Å². The fourth-order valence-electron chi connectivity index (χ4n) is 3.43. The van der Waals surface area contributed by atoms with Gasteiger partial charge >= 0.3 is 0 Å². The summed E-state index contributed by atoms with van der Waals surface area (Å²) in [6.45, 7) is 1.90. The Balaban J connectivity index is 1.33. The molecule has 5 rings (SSSR count). The number of carbonyl (C=O) groups excluding carboxylic acids is 1. The molecule has 0 saturated heterocycles. The summed E-state index contributed by atoms with van der Waals surface area (Å²) in [5, 5.41) is 5.91. The zero-order valence-corrected chi connectivity index (χ0v) is 17.6. The summed E-state index contributed by atoms with van der Waals surface area (Å²) in [6.07, 6.45) is 1.76. The van der Waals surface area contributed by atoms with Crippen molar-refractivity contribution in [2.45, 2.75) is 6.92 Å². The van der Waals surface area contributed by atoms with Gasteiger partial charge in [0.15, 0.2) is 6.61 Å². The number of nitrogens with zero attached hydrogens (tertiary/aromatic N) is 2. The highest BCUT2D eigenvalue weighted by Gasteiger charge is 2.12. The summed E-state index contributed by atoms with van der Waals surface area (Å²) in [5.41, 5.74) is 3.54. The summed E-state index contributed by atoms with van der Waals surface area (Å²) in [6, 6.07) is 23.5. The number of aryl methyl sites for hydroxylation is 1. The predicted molar refractivity (Wildman–Crippen MR) is 126 cm³/mol. The first-order valence-electron chi connectivity index (χ1n) is 9.90. The number of thiazole rings is 1. The van der Waals surface area contributed by atoms with Crippen LogP contribution in [0.1, 0.15) is 5.56 Å². The monoisotopic (exact) mass is 425 g/mol. The number of aromatic nitrogens is 2. The minimum absolute atomic E-state index is 0.0667. The SMILES string of the molecule is Cc1ccc(-c2nc3cccnc3s2)cc1NC(=O)COc1cccc2ccccc12. The third kappa shape index (κ3) is 3.98. The lowest BCUT2D eigenvalue weighted by Gasteiger charge is -2.12. The number of hydrogen-bond donors (Lipinski definition) is 1. The van der Waals surface area contributed by atoms with Gasteiger partial charge in [0.25, 0.3) is 5.91 Å². The maximum absolute atomic E-state index is 12.6. The van der Waals surface area contributed by atoms with E-state index in [-0.39, 0.29) is 12.5 Å². The van der Waals surface area contributed by atoms with E-state index in [1.54, 1.807) is 6.20 Å². The van der Waals surface area contributed by atoms with Crippen molar-refractivity contribution in [3.05, 3.63) is 84.6 Å². The van der Waals surface area contributed by atoms with E-state index in [1.807, 2.05) is 79.7 Å². The van der Waals surface area contributed by atoms with E-state index < -0.39 is 0 Å². The number of carbonyl (C=O) groups is 1. The van der Waals surface area contributed by atoms with Gasteiger partial charge in [0.2, 0.25) is 0 Å². The van der Waals surface area contributed by atoms with E-state index in [4.69, 9.17) is 4.74 Å². The molecule has 31 heavy (non-hydrogen) atoms. The number of rotatable bonds is 5. The molecule has 0 aliphatic heterocycles. The van der Waals surface area contributed by atoms with Gasteiger partial charge in [-0.3, -0.25) is 4.79 Å². The lowest BCUT2D eigenvalue weighted by molar-refractivity contribution is -0.118. The fraction of sp³-hybridized carbons (Fsp3) is 0.0800. The van der Waals surface area contributed by atoms with Crippen LogP contribution < -0.4 is 10.1 Å². The van der Waals surface area contributed by atoms with E-state index >= 15 is 0 Å². The molecule has 0 fully saturated rings. The second-order valence-corrected chi connectivity index (χ2v) is 8.17. The number of fused-ring (bicyclic) bond motifs is 2. The summed E-state index contributed by atoms with van der Waals surface area (Å²) in [7, 11) is 0. The third-order valence-corrected chi connectivity index (χ3v) is 6.06. The van der Waals surface area contributed by atoms with Gasteiger partial charge in [-0.2, -0.15) is 0 Å². The van der Waals surface area contributed by atoms with Crippen LogP contribution in [0.4, 0.5) is 5.69 Å². The largest absolute Gasteiger partial charge is 0.483 e. The van der Waals surface area contributed by atoms with Crippen LogP contribution in [0.2, 0.25) is 0 Å². The molecule has 0 spiro atoms. The molecule has 0 aliphatic rings. The quantitative estimate of drug-likeness (QED) is 0.384. The maximum atomic E-state index is 12.6. The van der Waals surface area contributed by atoms with Crippen molar-refractivity contribution in [1.82, 2.24) is 9.97 Å². The zero-order chi connectivity index (χ0) is 21.2. The van der Waals surface area contributed by atoms with Crippen LogP contribution in [-0.2, 0) is 4.79 Å². The van der Waals surface area contributed by atoms with Gasteiger partial charge in [-0.25, -0.2) is 9.97 Å². The van der Waals surface area contributed by atoms with Crippen LogP contribution in [0.5, 0.6) is 5.75 Å². The van der Waals surface area contributed by atoms with Crippen molar-refractivity contribution >= 4 is 44.1 Å². The lowest BCUT2D eigenvalue weighted by Crippen LogP contribution is -2.20. The Labute approximate surface area is 183 Å². The maximum Gasteiger partial charge on any atom is 0.262 e.